The van der Waals surface area contributed by atoms with Crippen molar-refractivity contribution in [1.82, 2.24) is 4.90 Å². The van der Waals surface area contributed by atoms with Crippen molar-refractivity contribution in [2.45, 2.75) is 38.5 Å². The molecule has 3 nitrogen and oxygen atoms in total. The summed E-state index contributed by atoms with van der Waals surface area (Å²) in [5.41, 5.74) is -2.66. The number of amides is 1. The van der Waals surface area contributed by atoms with E-state index in [-0.39, 0.29) is 31.8 Å². The lowest BCUT2D eigenvalue weighted by atomic mass is 9.81. The number of piperidine rings is 1. The van der Waals surface area contributed by atoms with Crippen LogP contribution >= 0.6 is 0 Å². The highest BCUT2D eigenvalue weighted by atomic mass is 19.4. The molecule has 1 amide bonds. The Morgan fingerprint density at radius 3 is 2.06 bits per heavy atom. The van der Waals surface area contributed by atoms with E-state index in [2.05, 4.69) is 0 Å². The molecule has 0 aliphatic carbocycles. The lowest BCUT2D eigenvalue weighted by molar-refractivity contribution is -0.275. The van der Waals surface area contributed by atoms with E-state index in [0.717, 1.165) is 6.92 Å². The molecule has 0 saturated carbocycles. The molecule has 0 aromatic rings. The third-order valence-corrected chi connectivity index (χ3v) is 3.31. The van der Waals surface area contributed by atoms with Crippen LogP contribution in [0.1, 0.15) is 26.7 Å². The van der Waals surface area contributed by atoms with Crippen molar-refractivity contribution in [3.63, 3.8) is 0 Å². The van der Waals surface area contributed by atoms with Crippen LogP contribution in [0.4, 0.5) is 13.2 Å². The first-order chi connectivity index (χ1) is 7.16. The van der Waals surface area contributed by atoms with Gasteiger partial charge in [0.05, 0.1) is 0 Å². The molecule has 0 bridgehead atoms. The summed E-state index contributed by atoms with van der Waals surface area (Å²) >= 11 is 0. The van der Waals surface area contributed by atoms with Crippen LogP contribution in [0.25, 0.3) is 0 Å². The van der Waals surface area contributed by atoms with Gasteiger partial charge in [-0.3, -0.25) is 4.79 Å². The summed E-state index contributed by atoms with van der Waals surface area (Å²) in [4.78, 5) is 12.5. The molecular weight excluding hydrogens is 223 g/mol. The van der Waals surface area contributed by atoms with Gasteiger partial charge in [-0.25, -0.2) is 0 Å². The third kappa shape index (κ3) is 2.48. The summed E-state index contributed by atoms with van der Waals surface area (Å²) in [6, 6.07) is 0. The van der Waals surface area contributed by atoms with Crippen LogP contribution in [0.5, 0.6) is 0 Å². The first-order valence-electron chi connectivity index (χ1n) is 5.21. The molecule has 0 aromatic heterocycles. The number of halogens is 3. The fourth-order valence-electron chi connectivity index (χ4n) is 1.99. The molecule has 1 saturated heterocycles. The minimum Gasteiger partial charge on any atom is -0.380 e. The SMILES string of the molecule is CC(=O)N1CCC(C(C)(O)C(F)(F)F)CC1. The smallest absolute Gasteiger partial charge is 0.380 e. The zero-order valence-electron chi connectivity index (χ0n) is 9.34. The Balaban J connectivity index is 2.63. The average molecular weight is 239 g/mol. The highest BCUT2D eigenvalue weighted by Crippen LogP contribution is 2.40. The maximum atomic E-state index is 12.5. The van der Waals surface area contributed by atoms with Crippen molar-refractivity contribution in [2.24, 2.45) is 5.92 Å². The molecule has 1 N–H and O–H groups in total. The second kappa shape index (κ2) is 4.24. The van der Waals surface area contributed by atoms with E-state index >= 15 is 0 Å². The Hall–Kier alpha value is -0.780. The number of aliphatic hydroxyl groups is 1. The first-order valence-corrected chi connectivity index (χ1v) is 5.21. The van der Waals surface area contributed by atoms with Crippen LogP contribution in [0.3, 0.4) is 0 Å². The number of hydrogen-bond donors (Lipinski definition) is 1. The van der Waals surface area contributed by atoms with Gasteiger partial charge in [-0.2, -0.15) is 13.2 Å². The predicted octanol–water partition coefficient (Wildman–Crippen LogP) is 1.56. The predicted molar refractivity (Wildman–Crippen MR) is 51.7 cm³/mol. The zero-order chi connectivity index (χ0) is 12.6. The first kappa shape index (κ1) is 13.3. The standard InChI is InChI=1S/C10H16F3NO2/c1-7(15)14-5-3-8(4-6-14)9(2,16)10(11,12)13/h8,16H,3-6H2,1-2H3. The van der Waals surface area contributed by atoms with Crippen molar-refractivity contribution in [3.8, 4) is 0 Å². The summed E-state index contributed by atoms with van der Waals surface area (Å²) in [7, 11) is 0. The van der Waals surface area contributed by atoms with Gasteiger partial charge in [-0.1, -0.05) is 0 Å². The number of carbonyl (C=O) groups is 1. The van der Waals surface area contributed by atoms with Gasteiger partial charge in [-0.15, -0.1) is 0 Å². The summed E-state index contributed by atoms with van der Waals surface area (Å²) < 4.78 is 37.6. The molecule has 1 unspecified atom stereocenters. The van der Waals surface area contributed by atoms with E-state index in [1.165, 1.54) is 11.8 Å². The van der Waals surface area contributed by atoms with Crippen LogP contribution in [0.2, 0.25) is 0 Å². The van der Waals surface area contributed by atoms with Gasteiger partial charge in [0.2, 0.25) is 5.91 Å². The molecule has 94 valence electrons. The summed E-state index contributed by atoms with van der Waals surface area (Å²) in [6.45, 7) is 2.77. The second-order valence-corrected chi connectivity index (χ2v) is 4.43. The molecule has 16 heavy (non-hydrogen) atoms. The van der Waals surface area contributed by atoms with Gasteiger partial charge >= 0.3 is 6.18 Å². The van der Waals surface area contributed by atoms with Gasteiger partial charge in [-0.05, 0) is 25.7 Å². The van der Waals surface area contributed by atoms with E-state index in [1.807, 2.05) is 0 Å². The molecule has 1 aliphatic rings. The number of likely N-dealkylation sites (tertiary alicyclic amines) is 1. The Bertz CT molecular complexity index is 268. The van der Waals surface area contributed by atoms with Crippen LogP contribution in [0, 0.1) is 5.92 Å². The normalized spacial score (nSPS) is 23.0. The molecule has 0 radical (unpaired) electrons. The Kier molecular flexibility index (Phi) is 3.52. The monoisotopic (exact) mass is 239 g/mol. The van der Waals surface area contributed by atoms with E-state index in [4.69, 9.17) is 0 Å². The highest BCUT2D eigenvalue weighted by Gasteiger charge is 2.54. The maximum Gasteiger partial charge on any atom is 0.417 e. The average Bonchev–Trinajstić information content (AvgIpc) is 2.16. The van der Waals surface area contributed by atoms with Crippen molar-refractivity contribution >= 4 is 5.91 Å². The molecule has 1 heterocycles. The Morgan fingerprint density at radius 1 is 1.31 bits per heavy atom. The van der Waals surface area contributed by atoms with Crippen molar-refractivity contribution in [1.29, 1.82) is 0 Å². The Labute approximate surface area is 92.2 Å². The molecule has 1 atom stereocenters. The lowest BCUT2D eigenvalue weighted by Gasteiger charge is -2.40. The van der Waals surface area contributed by atoms with E-state index < -0.39 is 17.7 Å². The largest absolute Gasteiger partial charge is 0.417 e. The van der Waals surface area contributed by atoms with Crippen molar-refractivity contribution in [3.05, 3.63) is 0 Å². The summed E-state index contributed by atoms with van der Waals surface area (Å²) in [5, 5.41) is 9.47. The fraction of sp³-hybridized carbons (Fsp3) is 0.900. The zero-order valence-corrected chi connectivity index (χ0v) is 9.34. The lowest BCUT2D eigenvalue weighted by Crippen LogP contribution is -2.52. The molecule has 0 aromatic carbocycles. The quantitative estimate of drug-likeness (QED) is 0.754. The van der Waals surface area contributed by atoms with Crippen LogP contribution in [-0.4, -0.2) is 40.8 Å². The summed E-state index contributed by atoms with van der Waals surface area (Å²) in [5.74, 6) is -0.965. The van der Waals surface area contributed by atoms with Crippen LogP contribution in [-0.2, 0) is 4.79 Å². The molecule has 1 rings (SSSR count). The van der Waals surface area contributed by atoms with Gasteiger partial charge in [0.1, 0.15) is 0 Å². The van der Waals surface area contributed by atoms with Crippen LogP contribution in [0.15, 0.2) is 0 Å². The van der Waals surface area contributed by atoms with E-state index in [9.17, 15) is 23.1 Å². The molecule has 1 aliphatic heterocycles. The molecular formula is C10H16F3NO2. The minimum atomic E-state index is -4.62. The second-order valence-electron chi connectivity index (χ2n) is 4.43. The van der Waals surface area contributed by atoms with Gasteiger partial charge < -0.3 is 10.0 Å². The number of rotatable bonds is 1. The Morgan fingerprint density at radius 2 is 1.75 bits per heavy atom. The maximum absolute atomic E-state index is 12.5. The number of nitrogens with zero attached hydrogens (tertiary/aromatic N) is 1. The fourth-order valence-corrected chi connectivity index (χ4v) is 1.99. The van der Waals surface area contributed by atoms with Gasteiger partial charge in [0.15, 0.2) is 5.60 Å². The third-order valence-electron chi connectivity index (χ3n) is 3.31. The molecule has 6 heteroatoms. The van der Waals surface area contributed by atoms with Crippen LogP contribution < -0.4 is 0 Å². The topological polar surface area (TPSA) is 40.5 Å². The van der Waals surface area contributed by atoms with Gasteiger partial charge in [0.25, 0.3) is 0 Å². The van der Waals surface area contributed by atoms with Crippen molar-refractivity contribution < 1.29 is 23.1 Å². The number of hydrogen-bond acceptors (Lipinski definition) is 2. The minimum absolute atomic E-state index is 0.134. The molecule has 1 fully saturated rings. The number of alkyl halides is 3. The number of carbonyl (C=O) groups excluding carboxylic acids is 1. The van der Waals surface area contributed by atoms with Crippen molar-refractivity contribution in [2.75, 3.05) is 13.1 Å². The van der Waals surface area contributed by atoms with E-state index in [0.29, 0.717) is 0 Å². The van der Waals surface area contributed by atoms with E-state index in [1.54, 1.807) is 0 Å². The molecule has 0 spiro atoms. The summed E-state index contributed by atoms with van der Waals surface area (Å²) in [6.07, 6.45) is -4.24. The highest BCUT2D eigenvalue weighted by molar-refractivity contribution is 5.73. The van der Waals surface area contributed by atoms with Gasteiger partial charge in [0, 0.05) is 20.0 Å².